The van der Waals surface area contributed by atoms with Crippen LogP contribution < -0.4 is 0 Å². The van der Waals surface area contributed by atoms with Gasteiger partial charge in [-0.1, -0.05) is 46.3 Å². The molecule has 1 heterocycles. The highest BCUT2D eigenvalue weighted by Crippen LogP contribution is 2.65. The first-order chi connectivity index (χ1) is 10.9. The molecule has 2 saturated carbocycles. The molecule has 0 aromatic rings. The first-order valence-corrected chi connectivity index (χ1v) is 9.28. The van der Waals surface area contributed by atoms with Crippen molar-refractivity contribution in [2.45, 2.75) is 44.8 Å². The number of ether oxygens (including phenoxy) is 2. The summed E-state index contributed by atoms with van der Waals surface area (Å²) in [5.41, 5.74) is 2.72. The number of rotatable bonds is 5. The van der Waals surface area contributed by atoms with E-state index in [9.17, 15) is 0 Å². The second-order valence-electron chi connectivity index (χ2n) is 7.41. The van der Waals surface area contributed by atoms with Crippen LogP contribution in [0.4, 0.5) is 0 Å². The third-order valence-electron chi connectivity index (χ3n) is 5.97. The molecule has 1 N–H and O–H groups in total. The lowest BCUT2D eigenvalue weighted by molar-refractivity contribution is -0.218. The molecular weight excluding hydrogens is 356 g/mol. The Labute approximate surface area is 147 Å². The lowest BCUT2D eigenvalue weighted by Crippen LogP contribution is -2.48. The van der Waals surface area contributed by atoms with Crippen molar-refractivity contribution in [2.75, 3.05) is 19.8 Å². The van der Waals surface area contributed by atoms with E-state index in [1.807, 2.05) is 0 Å². The summed E-state index contributed by atoms with van der Waals surface area (Å²) in [6.07, 6.45) is 7.15. The number of aliphatic hydroxyl groups is 1. The van der Waals surface area contributed by atoms with E-state index < -0.39 is 5.79 Å². The van der Waals surface area contributed by atoms with Crippen LogP contribution in [0.15, 0.2) is 34.9 Å². The quantitative estimate of drug-likeness (QED) is 0.719. The van der Waals surface area contributed by atoms with Crippen molar-refractivity contribution in [3.05, 3.63) is 34.9 Å². The van der Waals surface area contributed by atoms with Gasteiger partial charge in [-0.25, -0.2) is 0 Å². The zero-order valence-electron chi connectivity index (χ0n) is 13.9. The first-order valence-electron chi connectivity index (χ1n) is 8.49. The molecule has 0 amide bonds. The van der Waals surface area contributed by atoms with Crippen LogP contribution in [0.2, 0.25) is 0 Å². The van der Waals surface area contributed by atoms with Crippen molar-refractivity contribution in [1.82, 2.24) is 0 Å². The molecule has 4 heteroatoms. The molecule has 3 atom stereocenters. The largest absolute Gasteiger partial charge is 0.391 e. The molecule has 0 aromatic carbocycles. The Morgan fingerprint density at radius 2 is 2.09 bits per heavy atom. The summed E-state index contributed by atoms with van der Waals surface area (Å²) < 4.78 is 13.0. The van der Waals surface area contributed by atoms with Gasteiger partial charge in [0, 0.05) is 16.8 Å². The smallest absolute Gasteiger partial charge is 0.175 e. The highest BCUT2D eigenvalue weighted by molar-refractivity contribution is 9.11. The molecule has 2 aliphatic carbocycles. The maximum absolute atomic E-state index is 9.15. The van der Waals surface area contributed by atoms with E-state index in [0.717, 1.165) is 36.6 Å². The van der Waals surface area contributed by atoms with Crippen LogP contribution in [0.3, 0.4) is 0 Å². The van der Waals surface area contributed by atoms with E-state index in [-0.39, 0.29) is 12.0 Å². The molecule has 3 rings (SSSR count). The van der Waals surface area contributed by atoms with Crippen molar-refractivity contribution >= 4 is 15.9 Å². The van der Waals surface area contributed by atoms with Crippen molar-refractivity contribution in [1.29, 1.82) is 0 Å². The molecule has 128 valence electrons. The standard InChI is InChI=1S/C19H27BrO3/c1-13(2)16-11-19(22-7-8-23-19)17-10-18(16,9-14(17)3)6-4-5-15(20)12-21/h5,16-17,21H,1,3-4,6-12H2,2H3/b15-5-/t16-,17+,18+/m0/s1. The molecule has 0 aromatic heterocycles. The van der Waals surface area contributed by atoms with Crippen LogP contribution in [0.1, 0.15) is 39.0 Å². The molecule has 1 aliphatic heterocycles. The Bertz CT molecular complexity index is 533. The second kappa shape index (κ2) is 6.47. The van der Waals surface area contributed by atoms with Crippen molar-refractivity contribution in [3.8, 4) is 0 Å². The normalized spacial score (nSPS) is 36.0. The molecule has 23 heavy (non-hydrogen) atoms. The van der Waals surface area contributed by atoms with Gasteiger partial charge in [0.05, 0.1) is 19.8 Å². The van der Waals surface area contributed by atoms with Gasteiger partial charge in [0.15, 0.2) is 5.79 Å². The zero-order chi connectivity index (χ0) is 16.7. The van der Waals surface area contributed by atoms with E-state index in [1.165, 1.54) is 11.1 Å². The molecular formula is C19H27BrO3. The lowest BCUT2D eigenvalue weighted by atomic mass is 9.61. The van der Waals surface area contributed by atoms with Crippen LogP contribution in [0.25, 0.3) is 0 Å². The molecule has 1 saturated heterocycles. The van der Waals surface area contributed by atoms with Crippen molar-refractivity contribution < 1.29 is 14.6 Å². The monoisotopic (exact) mass is 382 g/mol. The van der Waals surface area contributed by atoms with Gasteiger partial charge in [-0.2, -0.15) is 0 Å². The number of aliphatic hydroxyl groups excluding tert-OH is 1. The van der Waals surface area contributed by atoms with Crippen LogP contribution in [-0.2, 0) is 9.47 Å². The van der Waals surface area contributed by atoms with E-state index in [4.69, 9.17) is 14.6 Å². The Kier molecular flexibility index (Phi) is 4.90. The average Bonchev–Trinajstić information content (AvgIpc) is 3.08. The minimum absolute atomic E-state index is 0.0665. The lowest BCUT2D eigenvalue weighted by Gasteiger charge is -2.48. The predicted octanol–water partition coefficient (Wildman–Crippen LogP) is 4.33. The van der Waals surface area contributed by atoms with E-state index in [0.29, 0.717) is 25.0 Å². The minimum atomic E-state index is -0.456. The number of hydrogen-bond acceptors (Lipinski definition) is 3. The Morgan fingerprint density at radius 1 is 1.39 bits per heavy atom. The van der Waals surface area contributed by atoms with Gasteiger partial charge in [0.1, 0.15) is 0 Å². The fourth-order valence-electron chi connectivity index (χ4n) is 5.01. The van der Waals surface area contributed by atoms with Crippen LogP contribution in [0, 0.1) is 17.3 Å². The molecule has 0 radical (unpaired) electrons. The highest BCUT2D eigenvalue weighted by Gasteiger charge is 2.61. The van der Waals surface area contributed by atoms with Gasteiger partial charge in [-0.05, 0) is 43.9 Å². The third kappa shape index (κ3) is 2.99. The van der Waals surface area contributed by atoms with Crippen LogP contribution in [-0.4, -0.2) is 30.7 Å². The summed E-state index contributed by atoms with van der Waals surface area (Å²) in [5, 5.41) is 9.15. The number of hydrogen-bond donors (Lipinski definition) is 1. The number of fused-ring (bicyclic) bond motifs is 3. The van der Waals surface area contributed by atoms with Crippen LogP contribution in [0.5, 0.6) is 0 Å². The summed E-state index contributed by atoms with van der Waals surface area (Å²) in [7, 11) is 0. The van der Waals surface area contributed by atoms with E-state index in [2.05, 4.69) is 42.1 Å². The summed E-state index contributed by atoms with van der Waals surface area (Å²) in [6, 6.07) is 0. The summed E-state index contributed by atoms with van der Waals surface area (Å²) >= 11 is 3.39. The second-order valence-corrected chi connectivity index (χ2v) is 8.43. The first kappa shape index (κ1) is 17.4. The topological polar surface area (TPSA) is 38.7 Å². The van der Waals surface area contributed by atoms with Gasteiger partial charge in [-0.15, -0.1) is 0 Å². The maximum atomic E-state index is 9.15. The Balaban J connectivity index is 1.85. The van der Waals surface area contributed by atoms with Gasteiger partial charge in [0.2, 0.25) is 0 Å². The summed E-state index contributed by atoms with van der Waals surface area (Å²) in [4.78, 5) is 0. The van der Waals surface area contributed by atoms with E-state index in [1.54, 1.807) is 0 Å². The fourth-order valence-corrected chi connectivity index (χ4v) is 5.23. The molecule has 1 spiro atoms. The summed E-state index contributed by atoms with van der Waals surface area (Å²) in [6.45, 7) is 12.2. The van der Waals surface area contributed by atoms with Gasteiger partial charge >= 0.3 is 0 Å². The predicted molar refractivity (Wildman–Crippen MR) is 95.2 cm³/mol. The van der Waals surface area contributed by atoms with Gasteiger partial charge in [-0.3, -0.25) is 0 Å². The highest BCUT2D eigenvalue weighted by atomic mass is 79.9. The number of allylic oxidation sites excluding steroid dienone is 2. The number of halogens is 1. The van der Waals surface area contributed by atoms with Crippen molar-refractivity contribution in [2.24, 2.45) is 17.3 Å². The van der Waals surface area contributed by atoms with E-state index >= 15 is 0 Å². The molecule has 2 bridgehead atoms. The Hall–Kier alpha value is -0.420. The SMILES string of the molecule is C=C1C[C@]2(CC/C=C(\Br)CO)C[C@H]1C1(C[C@H]2C(=C)C)OCCO1. The fraction of sp³-hybridized carbons (Fsp3) is 0.684. The average molecular weight is 383 g/mol. The van der Waals surface area contributed by atoms with Gasteiger partial charge < -0.3 is 14.6 Å². The third-order valence-corrected chi connectivity index (χ3v) is 6.55. The maximum Gasteiger partial charge on any atom is 0.175 e. The zero-order valence-corrected chi connectivity index (χ0v) is 15.5. The minimum Gasteiger partial charge on any atom is -0.391 e. The van der Waals surface area contributed by atoms with Gasteiger partial charge in [0.25, 0.3) is 0 Å². The summed E-state index contributed by atoms with van der Waals surface area (Å²) in [5.74, 6) is 0.255. The van der Waals surface area contributed by atoms with Crippen molar-refractivity contribution in [3.63, 3.8) is 0 Å². The molecule has 3 nitrogen and oxygen atoms in total. The molecule has 0 unspecified atom stereocenters. The Morgan fingerprint density at radius 3 is 2.70 bits per heavy atom. The molecule has 3 fully saturated rings. The molecule has 3 aliphatic rings. The van der Waals surface area contributed by atoms with Crippen LogP contribution >= 0.6 is 15.9 Å².